The molecular formula is C28H33N3O5S. The van der Waals surface area contributed by atoms with Gasteiger partial charge in [0.15, 0.2) is 0 Å². The van der Waals surface area contributed by atoms with Crippen LogP contribution in [-0.2, 0) is 26.2 Å². The van der Waals surface area contributed by atoms with Gasteiger partial charge in [0.1, 0.15) is 18.3 Å². The van der Waals surface area contributed by atoms with E-state index < -0.39 is 28.5 Å². The Bertz CT molecular complexity index is 1330. The van der Waals surface area contributed by atoms with Crippen LogP contribution in [0.15, 0.2) is 83.8 Å². The smallest absolute Gasteiger partial charge is 0.264 e. The van der Waals surface area contributed by atoms with E-state index >= 15 is 0 Å². The molecule has 0 radical (unpaired) electrons. The molecule has 0 heterocycles. The van der Waals surface area contributed by atoms with Gasteiger partial charge >= 0.3 is 0 Å². The van der Waals surface area contributed by atoms with Crippen molar-refractivity contribution in [3.05, 3.63) is 90.0 Å². The third kappa shape index (κ3) is 6.48. The van der Waals surface area contributed by atoms with Gasteiger partial charge in [0.2, 0.25) is 11.8 Å². The molecule has 0 aromatic heterocycles. The Balaban J connectivity index is 2.07. The number of sulfonamides is 1. The topological polar surface area (TPSA) is 96.0 Å². The maximum absolute atomic E-state index is 13.9. The molecule has 9 heteroatoms. The summed E-state index contributed by atoms with van der Waals surface area (Å²) in [6.45, 7) is 5.40. The number of para-hydroxylation sites is 2. The van der Waals surface area contributed by atoms with Gasteiger partial charge in [0, 0.05) is 13.1 Å². The number of anilines is 1. The van der Waals surface area contributed by atoms with Gasteiger partial charge in [-0.15, -0.1) is 0 Å². The van der Waals surface area contributed by atoms with Gasteiger partial charge < -0.3 is 15.0 Å². The Kier molecular flexibility index (Phi) is 9.30. The Labute approximate surface area is 218 Å². The first kappa shape index (κ1) is 27.7. The lowest BCUT2D eigenvalue weighted by molar-refractivity contribution is -0.139. The number of carbonyl (C=O) groups excluding carboxylic acids is 2. The number of amides is 2. The van der Waals surface area contributed by atoms with Crippen molar-refractivity contribution in [3.8, 4) is 5.75 Å². The minimum Gasteiger partial charge on any atom is -0.495 e. The van der Waals surface area contributed by atoms with Crippen LogP contribution < -0.4 is 14.4 Å². The number of likely N-dealkylation sites (N-methyl/N-ethyl adjacent to an activating group) is 1. The fourth-order valence-corrected chi connectivity index (χ4v) is 5.39. The monoisotopic (exact) mass is 523 g/mol. The molecule has 0 saturated carbocycles. The van der Waals surface area contributed by atoms with Crippen LogP contribution in [0.2, 0.25) is 0 Å². The number of benzene rings is 3. The predicted molar refractivity (Wildman–Crippen MR) is 144 cm³/mol. The van der Waals surface area contributed by atoms with Crippen LogP contribution in [-0.4, -0.2) is 51.4 Å². The van der Waals surface area contributed by atoms with Crippen molar-refractivity contribution < 1.29 is 22.7 Å². The Morgan fingerprint density at radius 1 is 0.946 bits per heavy atom. The van der Waals surface area contributed by atoms with E-state index in [2.05, 4.69) is 5.32 Å². The van der Waals surface area contributed by atoms with E-state index in [9.17, 15) is 18.0 Å². The normalized spacial score (nSPS) is 11.9. The lowest BCUT2D eigenvalue weighted by Gasteiger charge is -2.32. The van der Waals surface area contributed by atoms with Gasteiger partial charge in [-0.05, 0) is 56.2 Å². The molecule has 2 amide bonds. The molecule has 0 aliphatic heterocycles. The Morgan fingerprint density at radius 2 is 1.57 bits per heavy atom. The average Bonchev–Trinajstić information content (AvgIpc) is 2.91. The minimum absolute atomic E-state index is 0.0379. The van der Waals surface area contributed by atoms with Crippen molar-refractivity contribution in [1.82, 2.24) is 10.2 Å². The number of methoxy groups -OCH3 is 1. The van der Waals surface area contributed by atoms with E-state index in [4.69, 9.17) is 4.74 Å². The number of aryl methyl sites for hydroxylation is 1. The third-order valence-electron chi connectivity index (χ3n) is 6.08. The fraction of sp³-hybridized carbons (Fsp3) is 0.286. The molecule has 0 spiro atoms. The molecule has 0 bridgehead atoms. The summed E-state index contributed by atoms with van der Waals surface area (Å²) in [7, 11) is -2.71. The number of rotatable bonds is 11. The first-order valence-electron chi connectivity index (χ1n) is 12.0. The minimum atomic E-state index is -4.15. The van der Waals surface area contributed by atoms with Crippen LogP contribution in [0.4, 0.5) is 5.69 Å². The number of nitrogens with one attached hydrogen (secondary N) is 1. The van der Waals surface area contributed by atoms with Crippen molar-refractivity contribution in [2.45, 2.75) is 38.3 Å². The molecule has 8 nitrogen and oxygen atoms in total. The number of nitrogens with zero attached hydrogens (tertiary/aromatic N) is 2. The summed E-state index contributed by atoms with van der Waals surface area (Å²) in [5, 5.41) is 2.76. The van der Waals surface area contributed by atoms with Gasteiger partial charge in [0.05, 0.1) is 17.7 Å². The Hall–Kier alpha value is -3.85. The van der Waals surface area contributed by atoms with Crippen LogP contribution in [0.25, 0.3) is 0 Å². The van der Waals surface area contributed by atoms with Gasteiger partial charge in [-0.25, -0.2) is 8.42 Å². The summed E-state index contributed by atoms with van der Waals surface area (Å²) in [5.41, 5.74) is 2.05. The van der Waals surface area contributed by atoms with Crippen LogP contribution in [0.1, 0.15) is 25.0 Å². The van der Waals surface area contributed by atoms with E-state index in [1.54, 1.807) is 56.3 Å². The van der Waals surface area contributed by atoms with Crippen LogP contribution >= 0.6 is 0 Å². The molecule has 0 unspecified atom stereocenters. The highest BCUT2D eigenvalue weighted by atomic mass is 32.2. The van der Waals surface area contributed by atoms with Gasteiger partial charge in [-0.2, -0.15) is 0 Å². The van der Waals surface area contributed by atoms with Crippen LogP contribution in [0.3, 0.4) is 0 Å². The van der Waals surface area contributed by atoms with Crippen molar-refractivity contribution in [3.63, 3.8) is 0 Å². The lowest BCUT2D eigenvalue weighted by atomic mass is 10.1. The van der Waals surface area contributed by atoms with Crippen molar-refractivity contribution in [2.75, 3.05) is 24.5 Å². The van der Waals surface area contributed by atoms with Crippen LogP contribution in [0.5, 0.6) is 5.75 Å². The number of hydrogen-bond donors (Lipinski definition) is 1. The summed E-state index contributed by atoms with van der Waals surface area (Å²) in [4.78, 5) is 28.1. The molecule has 3 rings (SSSR count). The summed E-state index contributed by atoms with van der Waals surface area (Å²) in [6, 6.07) is 21.3. The molecule has 1 atom stereocenters. The molecule has 0 saturated heterocycles. The zero-order valence-electron chi connectivity index (χ0n) is 21.5. The second kappa shape index (κ2) is 12.4. The van der Waals surface area contributed by atoms with E-state index in [1.807, 2.05) is 31.2 Å². The highest BCUT2D eigenvalue weighted by Crippen LogP contribution is 2.32. The highest BCUT2D eigenvalue weighted by Gasteiger charge is 2.33. The summed E-state index contributed by atoms with van der Waals surface area (Å²) < 4.78 is 34.1. The van der Waals surface area contributed by atoms with E-state index in [1.165, 1.54) is 24.1 Å². The molecule has 0 aliphatic rings. The predicted octanol–water partition coefficient (Wildman–Crippen LogP) is 3.75. The summed E-state index contributed by atoms with van der Waals surface area (Å²) in [5.74, 6) is -0.538. The van der Waals surface area contributed by atoms with E-state index in [0.29, 0.717) is 12.3 Å². The molecule has 196 valence electrons. The molecule has 1 N–H and O–H groups in total. The number of carbonyl (C=O) groups is 2. The number of ether oxygens (including phenoxy) is 1. The van der Waals surface area contributed by atoms with Gasteiger partial charge in [-0.3, -0.25) is 13.9 Å². The average molecular weight is 524 g/mol. The molecule has 3 aromatic carbocycles. The quantitative estimate of drug-likeness (QED) is 0.413. The molecular weight excluding hydrogens is 490 g/mol. The maximum Gasteiger partial charge on any atom is 0.264 e. The van der Waals surface area contributed by atoms with Crippen molar-refractivity contribution in [1.29, 1.82) is 0 Å². The lowest BCUT2D eigenvalue weighted by Crippen LogP contribution is -2.51. The first-order valence-corrected chi connectivity index (χ1v) is 13.5. The standard InChI is InChI=1S/C28H33N3O5S/c1-5-29-28(33)22(3)30(19-23-14-10-9-13-21(23)2)27(32)20-31(25-17-11-12-18-26(25)36-4)37(34,35)24-15-7-6-8-16-24/h6-18,22H,5,19-20H2,1-4H3,(H,29,33)/t22-/m0/s1. The second-order valence-corrected chi connectivity index (χ2v) is 10.4. The third-order valence-corrected chi connectivity index (χ3v) is 7.86. The fourth-order valence-electron chi connectivity index (χ4n) is 3.94. The molecule has 0 fully saturated rings. The van der Waals surface area contributed by atoms with Crippen molar-refractivity contribution >= 4 is 27.5 Å². The second-order valence-electron chi connectivity index (χ2n) is 8.52. The SMILES string of the molecule is CCNC(=O)[C@H](C)N(Cc1ccccc1C)C(=O)CN(c1ccccc1OC)S(=O)(=O)c1ccccc1. The largest absolute Gasteiger partial charge is 0.495 e. The molecule has 0 aliphatic carbocycles. The van der Waals surface area contributed by atoms with Crippen molar-refractivity contribution in [2.24, 2.45) is 0 Å². The highest BCUT2D eigenvalue weighted by molar-refractivity contribution is 7.92. The Morgan fingerprint density at radius 3 is 2.22 bits per heavy atom. The van der Waals surface area contributed by atoms with E-state index in [-0.39, 0.29) is 23.0 Å². The molecule has 37 heavy (non-hydrogen) atoms. The summed E-state index contributed by atoms with van der Waals surface area (Å²) in [6.07, 6.45) is 0. The first-order chi connectivity index (χ1) is 17.7. The number of hydrogen-bond acceptors (Lipinski definition) is 5. The zero-order chi connectivity index (χ0) is 27.0. The van der Waals surface area contributed by atoms with Gasteiger partial charge in [0.25, 0.3) is 10.0 Å². The maximum atomic E-state index is 13.9. The van der Waals surface area contributed by atoms with E-state index in [0.717, 1.165) is 15.4 Å². The zero-order valence-corrected chi connectivity index (χ0v) is 22.4. The van der Waals surface area contributed by atoms with Crippen LogP contribution in [0, 0.1) is 6.92 Å². The van der Waals surface area contributed by atoms with Gasteiger partial charge in [-0.1, -0.05) is 54.6 Å². The summed E-state index contributed by atoms with van der Waals surface area (Å²) >= 11 is 0. The molecule has 3 aromatic rings.